The molecule has 10 heteroatoms. The Morgan fingerprint density at radius 1 is 1.31 bits per heavy atom. The van der Waals surface area contributed by atoms with E-state index in [0.29, 0.717) is 24.1 Å². The average Bonchev–Trinajstić information content (AvgIpc) is 3.03. The van der Waals surface area contributed by atoms with Gasteiger partial charge in [-0.05, 0) is 36.8 Å². The summed E-state index contributed by atoms with van der Waals surface area (Å²) in [5, 5.41) is 10.5. The zero-order valence-electron chi connectivity index (χ0n) is 15.5. The van der Waals surface area contributed by atoms with Gasteiger partial charge in [0.25, 0.3) is 5.91 Å². The van der Waals surface area contributed by atoms with Gasteiger partial charge in [-0.3, -0.25) is 4.79 Å². The number of carbonyl (C=O) groups excluding carboxylic acids is 1. The van der Waals surface area contributed by atoms with Crippen LogP contribution in [0, 0.1) is 0 Å². The number of rotatable bonds is 9. The molecule has 0 spiro atoms. The van der Waals surface area contributed by atoms with Crippen LogP contribution in [0.5, 0.6) is 0 Å². The maximum atomic E-state index is 12.7. The van der Waals surface area contributed by atoms with Crippen LogP contribution < -0.4 is 10.2 Å². The molecule has 2 rings (SSSR count). The van der Waals surface area contributed by atoms with E-state index < -0.39 is 10.0 Å². The van der Waals surface area contributed by atoms with E-state index in [1.807, 2.05) is 13.8 Å². The van der Waals surface area contributed by atoms with Crippen LogP contribution in [-0.4, -0.2) is 59.5 Å². The summed E-state index contributed by atoms with van der Waals surface area (Å²) in [4.78, 5) is 18.4. The van der Waals surface area contributed by atoms with E-state index in [0.717, 1.165) is 11.3 Å². The minimum absolute atomic E-state index is 0.0457. The summed E-state index contributed by atoms with van der Waals surface area (Å²) in [6.45, 7) is 7.94. The van der Waals surface area contributed by atoms with Crippen molar-refractivity contribution in [3.8, 4) is 0 Å². The van der Waals surface area contributed by atoms with Crippen molar-refractivity contribution in [3.05, 3.63) is 18.2 Å². The van der Waals surface area contributed by atoms with Crippen molar-refractivity contribution < 1.29 is 18.0 Å². The number of amides is 1. The Morgan fingerprint density at radius 2 is 2.00 bits per heavy atom. The van der Waals surface area contributed by atoms with Crippen LogP contribution in [0.25, 0.3) is 11.0 Å². The number of sulfonamides is 1. The molecule has 0 bridgehead atoms. The first-order valence-corrected chi connectivity index (χ1v) is 10.1. The lowest BCUT2D eigenvalue weighted by Crippen LogP contribution is -2.37. The monoisotopic (exact) mass is 383 g/mol. The highest BCUT2D eigenvalue weighted by Crippen LogP contribution is 2.20. The first kappa shape index (κ1) is 20.1. The molecule has 0 saturated carbocycles. The summed E-state index contributed by atoms with van der Waals surface area (Å²) >= 11 is 0. The molecule has 0 fully saturated rings. The van der Waals surface area contributed by atoms with E-state index in [1.165, 1.54) is 16.4 Å². The Kier molecular flexibility index (Phi) is 6.54. The molecule has 144 valence electrons. The quantitative estimate of drug-likeness (QED) is 0.687. The van der Waals surface area contributed by atoms with Gasteiger partial charge in [-0.2, -0.15) is 4.31 Å². The second kappa shape index (κ2) is 8.45. The van der Waals surface area contributed by atoms with Crippen LogP contribution in [-0.2, 0) is 14.8 Å². The number of hydrogen-bond acceptors (Lipinski definition) is 6. The number of nitrogens with one attached hydrogen (secondary N) is 1. The topological polar surface area (TPSA) is 106 Å². The van der Waals surface area contributed by atoms with Gasteiger partial charge < -0.3 is 10.2 Å². The molecule has 1 aromatic heterocycles. The minimum atomic E-state index is -3.61. The molecule has 0 aliphatic heterocycles. The molecule has 1 atom stereocenters. The molecule has 1 amide bonds. The summed E-state index contributed by atoms with van der Waals surface area (Å²) in [5.41, 5.74) is 0.861. The number of fused-ring (bicyclic) bond motifs is 1. The lowest BCUT2D eigenvalue weighted by molar-refractivity contribution is -0.126. The molecule has 0 aliphatic carbocycles. The Hall–Kier alpha value is -2.20. The maximum Gasteiger partial charge on any atom is 0.260 e. The van der Waals surface area contributed by atoms with Crippen LogP contribution in [0.1, 0.15) is 34.1 Å². The fourth-order valence-corrected chi connectivity index (χ4v) is 3.86. The van der Waals surface area contributed by atoms with Crippen molar-refractivity contribution in [1.29, 1.82) is 0 Å². The summed E-state index contributed by atoms with van der Waals surface area (Å²) in [6.07, 6.45) is 0.810. The highest BCUT2D eigenvalue weighted by atomic mass is 32.2. The van der Waals surface area contributed by atoms with Crippen LogP contribution in [0.2, 0.25) is 0 Å². The fraction of sp³-hybridized carbons (Fsp3) is 0.562. The smallest absolute Gasteiger partial charge is 0.260 e. The molecule has 1 heterocycles. The molecule has 0 unspecified atom stereocenters. The average molecular weight is 383 g/mol. The highest BCUT2D eigenvalue weighted by Gasteiger charge is 2.23. The predicted molar refractivity (Wildman–Crippen MR) is 97.0 cm³/mol. The molecule has 1 N–H and O–H groups in total. The number of benzene rings is 1. The van der Waals surface area contributed by atoms with Gasteiger partial charge >= 0.3 is 0 Å². The van der Waals surface area contributed by atoms with E-state index in [1.54, 1.807) is 19.9 Å². The van der Waals surface area contributed by atoms with Crippen molar-refractivity contribution in [1.82, 2.24) is 24.8 Å². The molecule has 26 heavy (non-hydrogen) atoms. The third-order valence-corrected chi connectivity index (χ3v) is 6.11. The Labute approximate surface area is 153 Å². The standard InChI is InChI=1S/C16H25N5O4S/c1-5-12(4)17-16(22)11-25-21-15-10-13(8-9-14(15)18-19-21)26(23,24)20(6-2)7-3/h8-10,12H,5-7,11H2,1-4H3,(H,17,22)/t12-/m1/s1. The lowest BCUT2D eigenvalue weighted by atomic mass is 10.2. The van der Waals surface area contributed by atoms with Crippen molar-refractivity contribution in [2.75, 3.05) is 19.7 Å². The molecule has 0 saturated heterocycles. The number of nitrogens with zero attached hydrogens (tertiary/aromatic N) is 4. The lowest BCUT2D eigenvalue weighted by Gasteiger charge is -2.18. The van der Waals surface area contributed by atoms with E-state index in [-0.39, 0.29) is 23.5 Å². The van der Waals surface area contributed by atoms with E-state index >= 15 is 0 Å². The van der Waals surface area contributed by atoms with Crippen molar-refractivity contribution in [2.24, 2.45) is 0 Å². The second-order valence-corrected chi connectivity index (χ2v) is 7.79. The van der Waals surface area contributed by atoms with Crippen LogP contribution in [0.4, 0.5) is 0 Å². The summed E-state index contributed by atoms with van der Waals surface area (Å²) in [5.74, 6) is -0.282. The molecule has 2 aromatic rings. The number of hydrogen-bond donors (Lipinski definition) is 1. The van der Waals surface area contributed by atoms with E-state index in [2.05, 4.69) is 15.6 Å². The molecule has 9 nitrogen and oxygen atoms in total. The first-order chi connectivity index (χ1) is 12.3. The molecule has 0 radical (unpaired) electrons. The SMILES string of the molecule is CC[C@@H](C)NC(=O)COn1nnc2ccc(S(=O)(=O)N(CC)CC)cc21. The van der Waals surface area contributed by atoms with Gasteiger partial charge in [0, 0.05) is 19.1 Å². The Balaban J connectivity index is 2.24. The third-order valence-electron chi connectivity index (χ3n) is 4.07. The first-order valence-electron chi connectivity index (χ1n) is 8.61. The Morgan fingerprint density at radius 3 is 2.62 bits per heavy atom. The molecule has 1 aromatic carbocycles. The minimum Gasteiger partial charge on any atom is -0.385 e. The van der Waals surface area contributed by atoms with Gasteiger partial charge in [0.1, 0.15) is 11.0 Å². The van der Waals surface area contributed by atoms with Crippen LogP contribution >= 0.6 is 0 Å². The van der Waals surface area contributed by atoms with Crippen molar-refractivity contribution in [3.63, 3.8) is 0 Å². The summed E-state index contributed by atoms with van der Waals surface area (Å²) < 4.78 is 26.7. The maximum absolute atomic E-state index is 12.7. The van der Waals surface area contributed by atoms with Gasteiger partial charge in [-0.15, -0.1) is 5.10 Å². The molecule has 0 aliphatic rings. The van der Waals surface area contributed by atoms with Crippen LogP contribution in [0.15, 0.2) is 23.1 Å². The van der Waals surface area contributed by atoms with E-state index in [4.69, 9.17) is 4.84 Å². The van der Waals surface area contributed by atoms with Gasteiger partial charge in [0.15, 0.2) is 6.61 Å². The number of carbonyl (C=O) groups is 1. The van der Waals surface area contributed by atoms with Gasteiger partial charge in [-0.25, -0.2) is 8.42 Å². The van der Waals surface area contributed by atoms with Crippen molar-refractivity contribution >= 4 is 27.0 Å². The summed E-state index contributed by atoms with van der Waals surface area (Å²) in [7, 11) is -3.61. The zero-order valence-corrected chi connectivity index (χ0v) is 16.3. The second-order valence-electron chi connectivity index (χ2n) is 5.85. The number of aromatic nitrogens is 3. The third kappa shape index (κ3) is 4.31. The predicted octanol–water partition coefficient (Wildman–Crippen LogP) is 0.805. The van der Waals surface area contributed by atoms with Gasteiger partial charge in [0.05, 0.1) is 4.90 Å². The van der Waals surface area contributed by atoms with Crippen molar-refractivity contribution in [2.45, 2.75) is 45.1 Å². The largest absolute Gasteiger partial charge is 0.385 e. The molecular formula is C16H25N5O4S. The van der Waals surface area contributed by atoms with Gasteiger partial charge in [0.2, 0.25) is 10.0 Å². The highest BCUT2D eigenvalue weighted by molar-refractivity contribution is 7.89. The van der Waals surface area contributed by atoms with Gasteiger partial charge in [-0.1, -0.05) is 25.6 Å². The zero-order chi connectivity index (χ0) is 19.3. The molecular weight excluding hydrogens is 358 g/mol. The fourth-order valence-electron chi connectivity index (χ4n) is 2.38. The summed E-state index contributed by atoms with van der Waals surface area (Å²) in [6, 6.07) is 4.56. The normalized spacial score (nSPS) is 13.1. The van der Waals surface area contributed by atoms with Crippen LogP contribution in [0.3, 0.4) is 0 Å². The van der Waals surface area contributed by atoms with E-state index in [9.17, 15) is 13.2 Å². The Bertz CT molecular complexity index is 861.